The molecule has 0 saturated heterocycles. The lowest BCUT2D eigenvalue weighted by molar-refractivity contribution is -0.137. The van der Waals surface area contributed by atoms with E-state index in [4.69, 9.17) is 10.2 Å². The molecule has 8 nitrogen and oxygen atoms in total. The Hall–Kier alpha value is -1.87. The van der Waals surface area contributed by atoms with Crippen molar-refractivity contribution in [3.63, 3.8) is 0 Å². The van der Waals surface area contributed by atoms with Gasteiger partial charge in [0.1, 0.15) is 17.1 Å². The van der Waals surface area contributed by atoms with Crippen molar-refractivity contribution in [3.8, 4) is 0 Å². The fourth-order valence-electron chi connectivity index (χ4n) is 2.03. The first-order chi connectivity index (χ1) is 9.61. The predicted octanol–water partition coefficient (Wildman–Crippen LogP) is 0.690. The Labute approximate surface area is 122 Å². The van der Waals surface area contributed by atoms with Crippen LogP contribution in [0, 0.1) is 0 Å². The number of carbonyl (C=O) groups is 2. The first-order valence-electron chi connectivity index (χ1n) is 6.28. The number of aromatic carboxylic acids is 1. The molecule has 0 fully saturated rings. The van der Waals surface area contributed by atoms with Gasteiger partial charge in [-0.05, 0) is 19.9 Å². The number of hydrogen-bond acceptors (Lipinski definition) is 4. The number of carboxylic acids is 2. The van der Waals surface area contributed by atoms with Crippen LogP contribution in [0.2, 0.25) is 0 Å². The van der Waals surface area contributed by atoms with Crippen molar-refractivity contribution >= 4 is 22.0 Å². The SMILES string of the molecule is CCN(C(C)C)S(=O)(=O)c1cc(C(=O)O)n(CC(=O)O)c1. The standard InChI is InChI=1S/C12H18N2O6S/c1-4-14(8(2)3)21(19,20)9-5-10(12(17)18)13(6-9)7-11(15)16/h5-6,8H,4,7H2,1-3H3,(H,15,16)(H,17,18). The summed E-state index contributed by atoms with van der Waals surface area (Å²) in [5.41, 5.74) is -0.379. The molecule has 1 aromatic heterocycles. The summed E-state index contributed by atoms with van der Waals surface area (Å²) in [5.74, 6) is -2.64. The van der Waals surface area contributed by atoms with Gasteiger partial charge in [-0.15, -0.1) is 0 Å². The van der Waals surface area contributed by atoms with Crippen LogP contribution < -0.4 is 0 Å². The van der Waals surface area contributed by atoms with Crippen LogP contribution in [-0.4, -0.2) is 52.0 Å². The maximum atomic E-state index is 12.5. The zero-order valence-electron chi connectivity index (χ0n) is 12.0. The average Bonchev–Trinajstić information content (AvgIpc) is 2.72. The van der Waals surface area contributed by atoms with E-state index in [-0.39, 0.29) is 23.2 Å². The zero-order chi connectivity index (χ0) is 16.4. The minimum atomic E-state index is -3.87. The predicted molar refractivity (Wildman–Crippen MR) is 73.7 cm³/mol. The number of aliphatic carboxylic acids is 1. The number of carboxylic acid groups (broad SMARTS) is 2. The van der Waals surface area contributed by atoms with Crippen molar-refractivity contribution in [3.05, 3.63) is 18.0 Å². The molecule has 1 rings (SSSR count). The summed E-state index contributed by atoms with van der Waals surface area (Å²) in [7, 11) is -3.87. The third-order valence-electron chi connectivity index (χ3n) is 2.89. The molecule has 0 spiro atoms. The quantitative estimate of drug-likeness (QED) is 0.764. The van der Waals surface area contributed by atoms with E-state index in [1.165, 1.54) is 4.31 Å². The molecule has 9 heteroatoms. The number of aromatic nitrogens is 1. The van der Waals surface area contributed by atoms with Gasteiger partial charge in [-0.2, -0.15) is 4.31 Å². The van der Waals surface area contributed by atoms with E-state index in [2.05, 4.69) is 0 Å². The first kappa shape index (κ1) is 17.2. The van der Waals surface area contributed by atoms with Crippen LogP contribution in [0.4, 0.5) is 0 Å². The van der Waals surface area contributed by atoms with Crippen molar-refractivity contribution in [2.24, 2.45) is 0 Å². The molecule has 0 aliphatic heterocycles. The van der Waals surface area contributed by atoms with Gasteiger partial charge in [-0.3, -0.25) is 4.79 Å². The molecule has 118 valence electrons. The van der Waals surface area contributed by atoms with E-state index in [9.17, 15) is 18.0 Å². The van der Waals surface area contributed by atoms with E-state index in [1.54, 1.807) is 20.8 Å². The third-order valence-corrected chi connectivity index (χ3v) is 5.01. The van der Waals surface area contributed by atoms with Gasteiger partial charge in [-0.25, -0.2) is 13.2 Å². The van der Waals surface area contributed by atoms with E-state index < -0.39 is 28.5 Å². The number of hydrogen-bond donors (Lipinski definition) is 2. The molecule has 1 heterocycles. The smallest absolute Gasteiger partial charge is 0.352 e. The molecule has 0 aromatic carbocycles. The van der Waals surface area contributed by atoms with Gasteiger partial charge in [0.2, 0.25) is 10.0 Å². The summed E-state index contributed by atoms with van der Waals surface area (Å²) >= 11 is 0. The van der Waals surface area contributed by atoms with Crippen LogP contribution in [0.1, 0.15) is 31.3 Å². The summed E-state index contributed by atoms with van der Waals surface area (Å²) in [6.45, 7) is 4.68. The van der Waals surface area contributed by atoms with Gasteiger partial charge in [0, 0.05) is 18.8 Å². The van der Waals surface area contributed by atoms with Gasteiger partial charge in [0.15, 0.2) is 0 Å². The summed E-state index contributed by atoms with van der Waals surface area (Å²) in [6, 6.07) is 0.683. The Kier molecular flexibility index (Phi) is 5.13. The molecule has 0 aliphatic rings. The highest BCUT2D eigenvalue weighted by Gasteiger charge is 2.29. The van der Waals surface area contributed by atoms with E-state index in [0.717, 1.165) is 16.8 Å². The second-order valence-corrected chi connectivity index (χ2v) is 6.58. The Morgan fingerprint density at radius 3 is 2.29 bits per heavy atom. The highest BCUT2D eigenvalue weighted by atomic mass is 32.2. The van der Waals surface area contributed by atoms with E-state index >= 15 is 0 Å². The Bertz CT molecular complexity index is 647. The molecule has 0 atom stereocenters. The minimum absolute atomic E-state index is 0.225. The highest BCUT2D eigenvalue weighted by Crippen LogP contribution is 2.21. The fraction of sp³-hybridized carbons (Fsp3) is 0.500. The minimum Gasteiger partial charge on any atom is -0.480 e. The Morgan fingerprint density at radius 1 is 1.33 bits per heavy atom. The van der Waals surface area contributed by atoms with Crippen LogP contribution in [0.5, 0.6) is 0 Å². The molecule has 0 aliphatic carbocycles. The zero-order valence-corrected chi connectivity index (χ0v) is 12.8. The number of sulfonamides is 1. The Morgan fingerprint density at radius 2 is 1.90 bits per heavy atom. The molecule has 0 saturated carbocycles. The van der Waals surface area contributed by atoms with Crippen molar-refractivity contribution in [2.45, 2.75) is 38.3 Å². The van der Waals surface area contributed by atoms with Gasteiger partial charge in [0.25, 0.3) is 0 Å². The van der Waals surface area contributed by atoms with Gasteiger partial charge >= 0.3 is 11.9 Å². The van der Waals surface area contributed by atoms with Gasteiger partial charge in [-0.1, -0.05) is 6.92 Å². The van der Waals surface area contributed by atoms with Crippen LogP contribution in [0.3, 0.4) is 0 Å². The maximum absolute atomic E-state index is 12.5. The van der Waals surface area contributed by atoms with Gasteiger partial charge in [0.05, 0.1) is 0 Å². The topological polar surface area (TPSA) is 117 Å². The van der Waals surface area contributed by atoms with Gasteiger partial charge < -0.3 is 14.8 Å². The molecule has 0 bridgehead atoms. The number of rotatable bonds is 7. The summed E-state index contributed by atoms with van der Waals surface area (Å²) in [6.07, 6.45) is 1.04. The third kappa shape index (κ3) is 3.61. The molecular formula is C12H18N2O6S. The molecule has 0 amide bonds. The van der Waals surface area contributed by atoms with Crippen LogP contribution in [-0.2, 0) is 21.4 Å². The lowest BCUT2D eigenvalue weighted by Crippen LogP contribution is -2.36. The average molecular weight is 318 g/mol. The van der Waals surface area contributed by atoms with Crippen LogP contribution >= 0.6 is 0 Å². The largest absolute Gasteiger partial charge is 0.480 e. The normalized spacial score (nSPS) is 12.0. The number of nitrogens with zero attached hydrogens (tertiary/aromatic N) is 2. The van der Waals surface area contributed by atoms with E-state index in [0.29, 0.717) is 0 Å². The lowest BCUT2D eigenvalue weighted by atomic mass is 10.4. The van der Waals surface area contributed by atoms with Crippen molar-refractivity contribution < 1.29 is 28.2 Å². The molecule has 0 unspecified atom stereocenters. The van der Waals surface area contributed by atoms with Crippen LogP contribution in [0.15, 0.2) is 17.2 Å². The molecular weight excluding hydrogens is 300 g/mol. The van der Waals surface area contributed by atoms with E-state index in [1.807, 2.05) is 0 Å². The summed E-state index contributed by atoms with van der Waals surface area (Å²) in [4.78, 5) is 21.6. The Balaban J connectivity index is 3.37. The summed E-state index contributed by atoms with van der Waals surface area (Å²) < 4.78 is 27.0. The second kappa shape index (κ2) is 6.27. The van der Waals surface area contributed by atoms with Crippen molar-refractivity contribution in [2.75, 3.05) is 6.54 Å². The van der Waals surface area contributed by atoms with Crippen LogP contribution in [0.25, 0.3) is 0 Å². The molecule has 2 N–H and O–H groups in total. The molecule has 1 aromatic rings. The van der Waals surface area contributed by atoms with Crippen molar-refractivity contribution in [1.29, 1.82) is 0 Å². The molecule has 21 heavy (non-hydrogen) atoms. The van der Waals surface area contributed by atoms with Crippen molar-refractivity contribution in [1.82, 2.24) is 8.87 Å². The second-order valence-electron chi connectivity index (χ2n) is 4.69. The maximum Gasteiger partial charge on any atom is 0.352 e. The lowest BCUT2D eigenvalue weighted by Gasteiger charge is -2.23. The summed E-state index contributed by atoms with van der Waals surface area (Å²) in [5, 5.41) is 17.8. The molecule has 0 radical (unpaired) electrons. The highest BCUT2D eigenvalue weighted by molar-refractivity contribution is 7.89. The fourth-order valence-corrected chi connectivity index (χ4v) is 3.72. The monoisotopic (exact) mass is 318 g/mol. The first-order valence-corrected chi connectivity index (χ1v) is 7.72.